The topological polar surface area (TPSA) is 50.8 Å². The van der Waals surface area contributed by atoms with Crippen molar-refractivity contribution in [2.45, 2.75) is 38.5 Å². The Morgan fingerprint density at radius 2 is 1.81 bits per heavy atom. The Morgan fingerprint density at radius 1 is 1.25 bits per heavy atom. The molecule has 0 aliphatic carbocycles. The minimum atomic E-state index is -0.394. The van der Waals surface area contributed by atoms with E-state index in [4.69, 9.17) is 9.47 Å². The molecule has 0 unspecified atom stereocenters. The molecule has 2 saturated heterocycles. The standard InChI is InChI=1S/C11H20N2O3/c1-9(2)12-10(14)13-5-3-11(4-6-13)15-7-8-16-11/h9H,3-8H2,1-2H3,(H,12,14). The first kappa shape index (κ1) is 11.7. The molecule has 0 radical (unpaired) electrons. The number of urea groups is 1. The van der Waals surface area contributed by atoms with Crippen LogP contribution in [0.15, 0.2) is 0 Å². The minimum absolute atomic E-state index is 0.0165. The second kappa shape index (κ2) is 4.59. The zero-order valence-electron chi connectivity index (χ0n) is 9.99. The molecule has 2 amide bonds. The van der Waals surface area contributed by atoms with Gasteiger partial charge in [0.2, 0.25) is 0 Å². The Bertz CT molecular complexity index is 252. The van der Waals surface area contributed by atoms with Gasteiger partial charge in [0.1, 0.15) is 0 Å². The Kier molecular flexibility index (Phi) is 3.35. The van der Waals surface area contributed by atoms with E-state index in [9.17, 15) is 4.79 Å². The summed E-state index contributed by atoms with van der Waals surface area (Å²) in [5, 5.41) is 2.90. The third-order valence-corrected chi connectivity index (χ3v) is 3.04. The van der Waals surface area contributed by atoms with Crippen molar-refractivity contribution in [1.29, 1.82) is 0 Å². The first-order chi connectivity index (χ1) is 7.61. The SMILES string of the molecule is CC(C)NC(=O)N1CCC2(CC1)OCCO2. The molecule has 16 heavy (non-hydrogen) atoms. The van der Waals surface area contributed by atoms with Crippen LogP contribution in [-0.2, 0) is 9.47 Å². The first-order valence-electron chi connectivity index (χ1n) is 5.95. The molecule has 0 bridgehead atoms. The molecule has 5 nitrogen and oxygen atoms in total. The third kappa shape index (κ3) is 2.47. The van der Waals surface area contributed by atoms with Gasteiger partial charge < -0.3 is 19.7 Å². The van der Waals surface area contributed by atoms with Gasteiger partial charge in [0.05, 0.1) is 13.2 Å². The van der Waals surface area contributed by atoms with Crippen LogP contribution in [0.2, 0.25) is 0 Å². The monoisotopic (exact) mass is 228 g/mol. The van der Waals surface area contributed by atoms with Gasteiger partial charge in [0.25, 0.3) is 0 Å². The summed E-state index contributed by atoms with van der Waals surface area (Å²) in [4.78, 5) is 13.6. The van der Waals surface area contributed by atoms with Crippen molar-refractivity contribution in [3.05, 3.63) is 0 Å². The van der Waals surface area contributed by atoms with E-state index in [-0.39, 0.29) is 12.1 Å². The van der Waals surface area contributed by atoms with Gasteiger partial charge >= 0.3 is 6.03 Å². The molecule has 92 valence electrons. The van der Waals surface area contributed by atoms with Gasteiger partial charge in [-0.15, -0.1) is 0 Å². The summed E-state index contributed by atoms with van der Waals surface area (Å²) in [6, 6.07) is 0.199. The second-order valence-corrected chi connectivity index (χ2v) is 4.70. The Labute approximate surface area is 96.1 Å². The number of rotatable bonds is 1. The molecule has 2 heterocycles. The molecule has 2 rings (SSSR count). The fourth-order valence-corrected chi connectivity index (χ4v) is 2.17. The van der Waals surface area contributed by atoms with Crippen LogP contribution in [0.1, 0.15) is 26.7 Å². The molecule has 2 fully saturated rings. The average molecular weight is 228 g/mol. The normalized spacial score (nSPS) is 24.1. The lowest BCUT2D eigenvalue weighted by atomic mass is 10.0. The number of nitrogens with one attached hydrogen (secondary N) is 1. The van der Waals surface area contributed by atoms with Crippen molar-refractivity contribution in [2.24, 2.45) is 0 Å². The van der Waals surface area contributed by atoms with Gasteiger partial charge in [-0.3, -0.25) is 0 Å². The molecule has 1 N–H and O–H groups in total. The van der Waals surface area contributed by atoms with Gasteiger partial charge in [0, 0.05) is 32.0 Å². The molecule has 0 aromatic rings. The van der Waals surface area contributed by atoms with Crippen molar-refractivity contribution < 1.29 is 14.3 Å². The van der Waals surface area contributed by atoms with E-state index in [0.717, 1.165) is 12.8 Å². The van der Waals surface area contributed by atoms with E-state index in [1.54, 1.807) is 0 Å². The van der Waals surface area contributed by atoms with E-state index in [1.165, 1.54) is 0 Å². The minimum Gasteiger partial charge on any atom is -0.347 e. The van der Waals surface area contributed by atoms with Crippen molar-refractivity contribution >= 4 is 6.03 Å². The number of amides is 2. The summed E-state index contributed by atoms with van der Waals surface area (Å²) >= 11 is 0. The summed E-state index contributed by atoms with van der Waals surface area (Å²) in [6.45, 7) is 6.70. The van der Waals surface area contributed by atoms with E-state index in [1.807, 2.05) is 18.7 Å². The Hall–Kier alpha value is -0.810. The molecule has 0 aromatic carbocycles. The number of hydrogen-bond donors (Lipinski definition) is 1. The molecule has 0 saturated carbocycles. The number of hydrogen-bond acceptors (Lipinski definition) is 3. The number of ether oxygens (including phenoxy) is 2. The zero-order chi connectivity index (χ0) is 11.6. The van der Waals surface area contributed by atoms with Gasteiger partial charge in [-0.05, 0) is 13.8 Å². The fraction of sp³-hybridized carbons (Fsp3) is 0.909. The second-order valence-electron chi connectivity index (χ2n) is 4.70. The maximum atomic E-state index is 11.7. The van der Waals surface area contributed by atoms with Crippen LogP contribution in [0.5, 0.6) is 0 Å². The summed E-state index contributed by atoms with van der Waals surface area (Å²) in [5.41, 5.74) is 0. The molecule has 1 spiro atoms. The summed E-state index contributed by atoms with van der Waals surface area (Å²) in [7, 11) is 0. The van der Waals surface area contributed by atoms with E-state index in [0.29, 0.717) is 26.3 Å². The lowest BCUT2D eigenvalue weighted by Gasteiger charge is -2.37. The molecule has 0 aromatic heterocycles. The van der Waals surface area contributed by atoms with Crippen LogP contribution in [0.25, 0.3) is 0 Å². The molecular formula is C11H20N2O3. The predicted octanol–water partition coefficient (Wildman–Crippen LogP) is 0.943. The van der Waals surface area contributed by atoms with Gasteiger partial charge in [-0.2, -0.15) is 0 Å². The first-order valence-corrected chi connectivity index (χ1v) is 5.95. The number of carbonyl (C=O) groups is 1. The predicted molar refractivity (Wildman–Crippen MR) is 59.1 cm³/mol. The van der Waals surface area contributed by atoms with E-state index in [2.05, 4.69) is 5.32 Å². The summed E-state index contributed by atoms with van der Waals surface area (Å²) in [5.74, 6) is -0.394. The highest BCUT2D eigenvalue weighted by molar-refractivity contribution is 5.74. The molecule has 0 atom stereocenters. The average Bonchev–Trinajstić information content (AvgIpc) is 2.66. The van der Waals surface area contributed by atoms with Crippen LogP contribution in [0.3, 0.4) is 0 Å². The third-order valence-electron chi connectivity index (χ3n) is 3.04. The highest BCUT2D eigenvalue weighted by Crippen LogP contribution is 2.31. The van der Waals surface area contributed by atoms with E-state index >= 15 is 0 Å². The maximum absolute atomic E-state index is 11.7. The van der Waals surface area contributed by atoms with Crippen LogP contribution >= 0.6 is 0 Å². The van der Waals surface area contributed by atoms with Crippen LogP contribution in [0.4, 0.5) is 4.79 Å². The highest BCUT2D eigenvalue weighted by Gasteiger charge is 2.40. The maximum Gasteiger partial charge on any atom is 0.317 e. The van der Waals surface area contributed by atoms with Gasteiger partial charge in [-0.1, -0.05) is 0 Å². The van der Waals surface area contributed by atoms with Crippen LogP contribution in [-0.4, -0.2) is 49.1 Å². The number of carbonyl (C=O) groups excluding carboxylic acids is 1. The van der Waals surface area contributed by atoms with Crippen molar-refractivity contribution in [2.75, 3.05) is 26.3 Å². The number of likely N-dealkylation sites (tertiary alicyclic amines) is 1. The molecular weight excluding hydrogens is 208 g/mol. The van der Waals surface area contributed by atoms with Crippen LogP contribution in [0, 0.1) is 0 Å². The molecule has 2 aliphatic heterocycles. The smallest absolute Gasteiger partial charge is 0.317 e. The van der Waals surface area contributed by atoms with Gasteiger partial charge in [-0.25, -0.2) is 4.79 Å². The summed E-state index contributed by atoms with van der Waals surface area (Å²) in [6.07, 6.45) is 1.55. The zero-order valence-corrected chi connectivity index (χ0v) is 9.99. The number of nitrogens with zero attached hydrogens (tertiary/aromatic N) is 1. The van der Waals surface area contributed by atoms with Crippen molar-refractivity contribution in [3.63, 3.8) is 0 Å². The molecule has 2 aliphatic rings. The van der Waals surface area contributed by atoms with Gasteiger partial charge in [0.15, 0.2) is 5.79 Å². The van der Waals surface area contributed by atoms with Crippen molar-refractivity contribution in [1.82, 2.24) is 10.2 Å². The lowest BCUT2D eigenvalue weighted by Crippen LogP contribution is -2.51. The Morgan fingerprint density at radius 3 is 2.31 bits per heavy atom. The Balaban J connectivity index is 1.82. The number of piperidine rings is 1. The van der Waals surface area contributed by atoms with Crippen molar-refractivity contribution in [3.8, 4) is 0 Å². The molecule has 5 heteroatoms. The summed E-state index contributed by atoms with van der Waals surface area (Å²) < 4.78 is 11.2. The quantitative estimate of drug-likeness (QED) is 0.726. The largest absolute Gasteiger partial charge is 0.347 e. The lowest BCUT2D eigenvalue weighted by molar-refractivity contribution is -0.181. The fourth-order valence-electron chi connectivity index (χ4n) is 2.17. The van der Waals surface area contributed by atoms with E-state index < -0.39 is 5.79 Å². The van der Waals surface area contributed by atoms with Crippen LogP contribution < -0.4 is 5.32 Å². The highest BCUT2D eigenvalue weighted by atomic mass is 16.7.